The first-order valence-electron chi connectivity index (χ1n) is 3.92. The molecule has 12 heavy (non-hydrogen) atoms. The summed E-state index contributed by atoms with van der Waals surface area (Å²) >= 11 is 0. The van der Waals surface area contributed by atoms with Gasteiger partial charge < -0.3 is 5.11 Å². The zero-order valence-corrected chi connectivity index (χ0v) is 7.12. The number of aliphatic hydroxyl groups is 1. The fourth-order valence-electron chi connectivity index (χ4n) is 1.18. The summed E-state index contributed by atoms with van der Waals surface area (Å²) in [5, 5.41) is 9.56. The quantitative estimate of drug-likeness (QED) is 0.656. The van der Waals surface area contributed by atoms with E-state index >= 15 is 0 Å². The number of rotatable bonds is 2. The van der Waals surface area contributed by atoms with Crippen LogP contribution < -0.4 is 0 Å². The zero-order chi connectivity index (χ0) is 8.97. The van der Waals surface area contributed by atoms with Crippen molar-refractivity contribution in [1.29, 1.82) is 0 Å². The number of aliphatic hydroxyl groups excluding tert-OH is 1. The Morgan fingerprint density at radius 1 is 1.50 bits per heavy atom. The van der Waals surface area contributed by atoms with E-state index in [4.69, 9.17) is 6.42 Å². The second kappa shape index (κ2) is 3.94. The van der Waals surface area contributed by atoms with Crippen LogP contribution in [0.1, 0.15) is 23.7 Å². The van der Waals surface area contributed by atoms with Crippen LogP contribution in [-0.4, -0.2) is 5.11 Å². The molecule has 0 amide bonds. The van der Waals surface area contributed by atoms with Crippen molar-refractivity contribution >= 4 is 0 Å². The molecule has 0 saturated heterocycles. The highest BCUT2D eigenvalue weighted by Crippen LogP contribution is 2.19. The highest BCUT2D eigenvalue weighted by Gasteiger charge is 2.06. The summed E-state index contributed by atoms with van der Waals surface area (Å²) in [5.74, 6) is 2.44. The molecule has 1 heteroatoms. The van der Waals surface area contributed by atoms with Crippen LogP contribution in [-0.2, 0) is 0 Å². The molecular formula is C11H12O. The van der Waals surface area contributed by atoms with E-state index in [1.165, 1.54) is 0 Å². The molecule has 0 radical (unpaired) electrons. The van der Waals surface area contributed by atoms with Gasteiger partial charge in [-0.2, -0.15) is 0 Å². The maximum Gasteiger partial charge on any atom is 0.0901 e. The summed E-state index contributed by atoms with van der Waals surface area (Å²) in [7, 11) is 0. The van der Waals surface area contributed by atoms with E-state index < -0.39 is 6.10 Å². The molecule has 1 nitrogen and oxygen atoms in total. The maximum atomic E-state index is 9.56. The van der Waals surface area contributed by atoms with Crippen LogP contribution in [0.3, 0.4) is 0 Å². The molecule has 1 rings (SSSR count). The monoisotopic (exact) mass is 160 g/mol. The van der Waals surface area contributed by atoms with Gasteiger partial charge in [0, 0.05) is 6.42 Å². The lowest BCUT2D eigenvalue weighted by Gasteiger charge is -2.09. The van der Waals surface area contributed by atoms with E-state index in [9.17, 15) is 5.11 Å². The average Bonchev–Trinajstić information content (AvgIpc) is 2.05. The van der Waals surface area contributed by atoms with Gasteiger partial charge in [-0.05, 0) is 18.1 Å². The SMILES string of the molecule is C#CC[C@@H](O)c1ccccc1C. The third-order valence-electron chi connectivity index (χ3n) is 1.86. The van der Waals surface area contributed by atoms with Gasteiger partial charge >= 0.3 is 0 Å². The molecule has 0 aromatic heterocycles. The first-order chi connectivity index (χ1) is 5.75. The number of hydrogen-bond acceptors (Lipinski definition) is 1. The number of hydrogen-bond donors (Lipinski definition) is 1. The van der Waals surface area contributed by atoms with Gasteiger partial charge in [-0.25, -0.2) is 0 Å². The van der Waals surface area contributed by atoms with E-state index in [-0.39, 0.29) is 0 Å². The Balaban J connectivity index is 2.88. The number of terminal acetylenes is 1. The Morgan fingerprint density at radius 3 is 2.75 bits per heavy atom. The van der Waals surface area contributed by atoms with E-state index in [2.05, 4.69) is 5.92 Å². The van der Waals surface area contributed by atoms with Crippen molar-refractivity contribution in [3.8, 4) is 12.3 Å². The van der Waals surface area contributed by atoms with E-state index in [1.54, 1.807) is 0 Å². The van der Waals surface area contributed by atoms with Crippen molar-refractivity contribution in [1.82, 2.24) is 0 Å². The Bertz CT molecular complexity index is 296. The molecule has 0 heterocycles. The second-order valence-corrected chi connectivity index (χ2v) is 2.78. The fourth-order valence-corrected chi connectivity index (χ4v) is 1.18. The number of benzene rings is 1. The lowest BCUT2D eigenvalue weighted by Crippen LogP contribution is -1.97. The van der Waals surface area contributed by atoms with Gasteiger partial charge in [0.05, 0.1) is 6.10 Å². The van der Waals surface area contributed by atoms with Crippen LogP contribution in [0.2, 0.25) is 0 Å². The molecule has 1 N–H and O–H groups in total. The molecule has 0 aliphatic heterocycles. The van der Waals surface area contributed by atoms with Gasteiger partial charge in [-0.15, -0.1) is 12.3 Å². The topological polar surface area (TPSA) is 20.2 Å². The third kappa shape index (κ3) is 1.87. The van der Waals surface area contributed by atoms with E-state index in [0.29, 0.717) is 6.42 Å². The Morgan fingerprint density at radius 2 is 2.17 bits per heavy atom. The lowest BCUT2D eigenvalue weighted by molar-refractivity contribution is 0.183. The molecule has 0 saturated carbocycles. The minimum atomic E-state index is -0.517. The molecule has 62 valence electrons. The largest absolute Gasteiger partial charge is 0.387 e. The molecular weight excluding hydrogens is 148 g/mol. The second-order valence-electron chi connectivity index (χ2n) is 2.78. The molecule has 1 atom stereocenters. The molecule has 1 aromatic carbocycles. The third-order valence-corrected chi connectivity index (χ3v) is 1.86. The molecule has 0 spiro atoms. The summed E-state index contributed by atoms with van der Waals surface area (Å²) in [4.78, 5) is 0. The summed E-state index contributed by atoms with van der Waals surface area (Å²) in [6.07, 6.45) is 4.97. The highest BCUT2D eigenvalue weighted by molar-refractivity contribution is 5.28. The van der Waals surface area contributed by atoms with Crippen molar-refractivity contribution in [3.63, 3.8) is 0 Å². The maximum absolute atomic E-state index is 9.56. The molecule has 1 aromatic rings. The molecule has 0 bridgehead atoms. The Labute approximate surface area is 73.0 Å². The van der Waals surface area contributed by atoms with Crippen molar-refractivity contribution in [2.75, 3.05) is 0 Å². The average molecular weight is 160 g/mol. The first-order valence-corrected chi connectivity index (χ1v) is 3.92. The minimum Gasteiger partial charge on any atom is -0.387 e. The minimum absolute atomic E-state index is 0.380. The van der Waals surface area contributed by atoms with Crippen molar-refractivity contribution in [3.05, 3.63) is 35.4 Å². The van der Waals surface area contributed by atoms with Gasteiger partial charge in [0.2, 0.25) is 0 Å². The molecule has 0 unspecified atom stereocenters. The van der Waals surface area contributed by atoms with Gasteiger partial charge in [-0.1, -0.05) is 24.3 Å². The van der Waals surface area contributed by atoms with Crippen LogP contribution in [0.4, 0.5) is 0 Å². The van der Waals surface area contributed by atoms with Crippen molar-refractivity contribution in [2.45, 2.75) is 19.4 Å². The molecule has 0 fully saturated rings. The highest BCUT2D eigenvalue weighted by atomic mass is 16.3. The van der Waals surface area contributed by atoms with Crippen LogP contribution in [0.5, 0.6) is 0 Å². The van der Waals surface area contributed by atoms with Gasteiger partial charge in [0.25, 0.3) is 0 Å². The van der Waals surface area contributed by atoms with Crippen LogP contribution in [0.25, 0.3) is 0 Å². The predicted molar refractivity (Wildman–Crippen MR) is 49.6 cm³/mol. The van der Waals surface area contributed by atoms with Crippen molar-refractivity contribution in [2.24, 2.45) is 0 Å². The Hall–Kier alpha value is -1.26. The summed E-state index contributed by atoms with van der Waals surface area (Å²) < 4.78 is 0. The first kappa shape index (κ1) is 8.83. The normalized spacial score (nSPS) is 12.1. The molecule has 0 aliphatic rings. The van der Waals surface area contributed by atoms with Crippen molar-refractivity contribution < 1.29 is 5.11 Å². The summed E-state index contributed by atoms with van der Waals surface area (Å²) in [6.45, 7) is 1.97. The number of aryl methyl sites for hydroxylation is 1. The Kier molecular flexibility index (Phi) is 2.90. The van der Waals surface area contributed by atoms with Gasteiger partial charge in [0.15, 0.2) is 0 Å². The predicted octanol–water partition coefficient (Wildman–Crippen LogP) is 2.05. The van der Waals surface area contributed by atoms with Gasteiger partial charge in [0.1, 0.15) is 0 Å². The van der Waals surface area contributed by atoms with Crippen LogP contribution >= 0.6 is 0 Å². The standard InChI is InChI=1S/C11H12O/c1-3-6-11(12)10-8-5-4-7-9(10)2/h1,4-5,7-8,11-12H,6H2,2H3/t11-/m1/s1. The van der Waals surface area contributed by atoms with E-state index in [1.807, 2.05) is 31.2 Å². The molecule has 0 aliphatic carbocycles. The smallest absolute Gasteiger partial charge is 0.0901 e. The van der Waals surface area contributed by atoms with Crippen LogP contribution in [0.15, 0.2) is 24.3 Å². The summed E-state index contributed by atoms with van der Waals surface area (Å²) in [6, 6.07) is 7.72. The van der Waals surface area contributed by atoms with Gasteiger partial charge in [-0.3, -0.25) is 0 Å². The lowest BCUT2D eigenvalue weighted by atomic mass is 10.0. The fraction of sp³-hybridized carbons (Fsp3) is 0.273. The summed E-state index contributed by atoms with van der Waals surface area (Å²) in [5.41, 5.74) is 2.01. The van der Waals surface area contributed by atoms with E-state index in [0.717, 1.165) is 11.1 Å². The zero-order valence-electron chi connectivity index (χ0n) is 7.12. The van der Waals surface area contributed by atoms with Crippen LogP contribution in [0, 0.1) is 19.3 Å².